The molecule has 0 saturated carbocycles. The van der Waals surface area contributed by atoms with Gasteiger partial charge in [0.25, 0.3) is 11.8 Å². The molecule has 198 valence electrons. The van der Waals surface area contributed by atoms with Crippen molar-refractivity contribution >= 4 is 27.7 Å². The summed E-state index contributed by atoms with van der Waals surface area (Å²) in [6.45, 7) is 2.65. The molecule has 0 radical (unpaired) electrons. The molecule has 5 rings (SSSR count). The number of sulfonamides is 1. The van der Waals surface area contributed by atoms with Gasteiger partial charge in [0.05, 0.1) is 18.1 Å². The lowest BCUT2D eigenvalue weighted by Gasteiger charge is -2.16. The number of likely N-dealkylation sites (tertiary alicyclic amines) is 1. The third-order valence-corrected chi connectivity index (χ3v) is 7.41. The summed E-state index contributed by atoms with van der Waals surface area (Å²) in [6, 6.07) is 8.89. The zero-order chi connectivity index (χ0) is 26.9. The van der Waals surface area contributed by atoms with Gasteiger partial charge in [0.15, 0.2) is 11.9 Å². The molecule has 3 aromatic rings. The number of fused-ring (bicyclic) bond motifs is 1. The molecule has 2 N–H and O–H groups in total. The molecule has 1 fully saturated rings. The second kappa shape index (κ2) is 10.3. The molecule has 0 spiro atoms. The van der Waals surface area contributed by atoms with E-state index in [1.807, 2.05) is 0 Å². The number of carbonyl (C=O) groups is 2. The highest BCUT2D eigenvalue weighted by molar-refractivity contribution is 7.89. The van der Waals surface area contributed by atoms with E-state index in [1.54, 1.807) is 24.9 Å². The van der Waals surface area contributed by atoms with Crippen LogP contribution >= 0.6 is 0 Å². The maximum Gasteiger partial charge on any atom is 0.263 e. The summed E-state index contributed by atoms with van der Waals surface area (Å²) < 4.78 is 44.7. The van der Waals surface area contributed by atoms with Crippen molar-refractivity contribution in [1.82, 2.24) is 19.6 Å². The minimum atomic E-state index is -3.70. The maximum absolute atomic E-state index is 13.1. The molecule has 3 heterocycles. The van der Waals surface area contributed by atoms with E-state index in [4.69, 9.17) is 14.2 Å². The van der Waals surface area contributed by atoms with Crippen LogP contribution in [-0.4, -0.2) is 67.9 Å². The molecule has 1 unspecified atom stereocenters. The summed E-state index contributed by atoms with van der Waals surface area (Å²) >= 11 is 0. The van der Waals surface area contributed by atoms with Gasteiger partial charge in [-0.05, 0) is 31.2 Å². The second-order valence-electron chi connectivity index (χ2n) is 8.80. The summed E-state index contributed by atoms with van der Waals surface area (Å²) in [5, 5.41) is 2.68. The van der Waals surface area contributed by atoms with Gasteiger partial charge < -0.3 is 24.4 Å². The predicted octanol–water partition coefficient (Wildman–Crippen LogP) is 2.11. The van der Waals surface area contributed by atoms with Crippen LogP contribution in [0.1, 0.15) is 22.5 Å². The Morgan fingerprint density at radius 3 is 2.68 bits per heavy atom. The summed E-state index contributed by atoms with van der Waals surface area (Å²) in [5.74, 6) is 0.538. The van der Waals surface area contributed by atoms with Crippen LogP contribution in [0.25, 0.3) is 0 Å². The number of likely N-dealkylation sites (N-methyl/N-ethyl adjacent to an activating group) is 1. The molecule has 38 heavy (non-hydrogen) atoms. The fourth-order valence-electron chi connectivity index (χ4n) is 3.98. The average Bonchev–Trinajstić information content (AvgIpc) is 3.10. The zero-order valence-electron chi connectivity index (χ0n) is 20.6. The molecular formula is C25H25N5O7S. The summed E-state index contributed by atoms with van der Waals surface area (Å²) in [5.41, 5.74) is 0.894. The number of benzene rings is 2. The first-order valence-electron chi connectivity index (χ1n) is 11.8. The van der Waals surface area contributed by atoms with E-state index in [2.05, 4.69) is 20.0 Å². The maximum atomic E-state index is 13.1. The van der Waals surface area contributed by atoms with E-state index in [0.29, 0.717) is 18.7 Å². The molecular weight excluding hydrogens is 514 g/mol. The van der Waals surface area contributed by atoms with Crippen LogP contribution in [0.4, 0.5) is 5.82 Å². The third kappa shape index (κ3) is 5.53. The lowest BCUT2D eigenvalue weighted by Crippen LogP contribution is -2.29. The molecule has 2 amide bonds. The predicted molar refractivity (Wildman–Crippen MR) is 135 cm³/mol. The molecule has 12 nitrogen and oxygen atoms in total. The molecule has 2 aliphatic heterocycles. The minimum absolute atomic E-state index is 0.00238. The Morgan fingerprint density at radius 1 is 1.13 bits per heavy atom. The van der Waals surface area contributed by atoms with Crippen molar-refractivity contribution in [3.63, 3.8) is 0 Å². The molecule has 0 bridgehead atoms. The summed E-state index contributed by atoms with van der Waals surface area (Å²) in [6.07, 6.45) is 2.79. The number of rotatable bonds is 6. The van der Waals surface area contributed by atoms with Crippen LogP contribution in [0.5, 0.6) is 23.0 Å². The van der Waals surface area contributed by atoms with Crippen LogP contribution in [0.15, 0.2) is 53.7 Å². The van der Waals surface area contributed by atoms with Crippen molar-refractivity contribution in [2.75, 3.05) is 32.1 Å². The second-order valence-corrected chi connectivity index (χ2v) is 10.5. The molecule has 2 aliphatic rings. The first kappa shape index (κ1) is 25.4. The SMILES string of the molecule is Cc1cnc(NC(=O)c2cc(Oc3ccc4c(c3)OCCNS4(=O)=O)cc(OC3CCN(C)C3=O)c2)cn1. The Morgan fingerprint density at radius 2 is 1.95 bits per heavy atom. The monoisotopic (exact) mass is 539 g/mol. The van der Waals surface area contributed by atoms with E-state index >= 15 is 0 Å². The summed E-state index contributed by atoms with van der Waals surface area (Å²) in [4.78, 5) is 35.3. The van der Waals surface area contributed by atoms with E-state index in [0.717, 1.165) is 0 Å². The van der Waals surface area contributed by atoms with Crippen LogP contribution in [0.2, 0.25) is 0 Å². The number of hydrogen-bond donors (Lipinski definition) is 2. The number of hydrogen-bond acceptors (Lipinski definition) is 9. The minimum Gasteiger partial charge on any atom is -0.491 e. The highest BCUT2D eigenvalue weighted by Gasteiger charge is 2.31. The van der Waals surface area contributed by atoms with Gasteiger partial charge in [-0.2, -0.15) is 0 Å². The van der Waals surface area contributed by atoms with Crippen molar-refractivity contribution < 1.29 is 32.2 Å². The lowest BCUT2D eigenvalue weighted by atomic mass is 10.1. The number of nitrogens with one attached hydrogen (secondary N) is 2. The molecule has 0 aliphatic carbocycles. The Kier molecular flexibility index (Phi) is 6.87. The number of amides is 2. The van der Waals surface area contributed by atoms with Crippen molar-refractivity contribution in [3.8, 4) is 23.0 Å². The first-order valence-corrected chi connectivity index (χ1v) is 13.3. The van der Waals surface area contributed by atoms with Crippen LogP contribution in [0.3, 0.4) is 0 Å². The largest absolute Gasteiger partial charge is 0.491 e. The smallest absolute Gasteiger partial charge is 0.263 e. The van der Waals surface area contributed by atoms with Crippen LogP contribution in [0, 0.1) is 6.92 Å². The fourth-order valence-corrected chi connectivity index (χ4v) is 5.11. The van der Waals surface area contributed by atoms with E-state index < -0.39 is 22.0 Å². The number of aryl methyl sites for hydroxylation is 1. The van der Waals surface area contributed by atoms with Gasteiger partial charge in [0, 0.05) is 44.3 Å². The van der Waals surface area contributed by atoms with E-state index in [9.17, 15) is 18.0 Å². The number of ether oxygens (including phenoxy) is 3. The zero-order valence-corrected chi connectivity index (χ0v) is 21.4. The van der Waals surface area contributed by atoms with Crippen molar-refractivity contribution in [3.05, 3.63) is 60.0 Å². The van der Waals surface area contributed by atoms with Gasteiger partial charge in [-0.3, -0.25) is 14.6 Å². The van der Waals surface area contributed by atoms with Gasteiger partial charge >= 0.3 is 0 Å². The summed E-state index contributed by atoms with van der Waals surface area (Å²) in [7, 11) is -2.00. The Labute approximate surface area is 219 Å². The molecule has 1 atom stereocenters. The number of aromatic nitrogens is 2. The Bertz CT molecular complexity index is 1490. The first-order chi connectivity index (χ1) is 18.2. The molecule has 2 aromatic carbocycles. The van der Waals surface area contributed by atoms with Gasteiger partial charge in [0.2, 0.25) is 10.0 Å². The molecule has 13 heteroatoms. The van der Waals surface area contributed by atoms with Crippen LogP contribution in [-0.2, 0) is 14.8 Å². The van der Waals surface area contributed by atoms with Crippen molar-refractivity contribution in [2.24, 2.45) is 0 Å². The lowest BCUT2D eigenvalue weighted by molar-refractivity contribution is -0.132. The number of anilines is 1. The van der Waals surface area contributed by atoms with Gasteiger partial charge in [-0.15, -0.1) is 0 Å². The number of carbonyl (C=O) groups excluding carboxylic acids is 2. The quantitative estimate of drug-likeness (QED) is 0.480. The topological polar surface area (TPSA) is 149 Å². The standard InChI is InChI=1S/C25H25N5O7S/c1-15-13-27-23(14-26-15)29-24(31)16-9-18(11-19(10-16)37-20-5-7-30(2)25(20)32)36-17-3-4-22-21(12-17)35-8-6-28-38(22,33)34/h3-4,9-14,20,28H,5-8H2,1-2H3,(H,27,29,31). The number of nitrogens with zero attached hydrogens (tertiary/aromatic N) is 3. The molecule has 1 aromatic heterocycles. The Balaban J connectivity index is 1.45. The Hall–Kier alpha value is -4.23. The average molecular weight is 540 g/mol. The fraction of sp³-hybridized carbons (Fsp3) is 0.280. The van der Waals surface area contributed by atoms with Gasteiger partial charge in [-0.1, -0.05) is 0 Å². The molecule has 1 saturated heterocycles. The van der Waals surface area contributed by atoms with Crippen molar-refractivity contribution in [1.29, 1.82) is 0 Å². The highest BCUT2D eigenvalue weighted by Crippen LogP contribution is 2.34. The van der Waals surface area contributed by atoms with Crippen LogP contribution < -0.4 is 24.2 Å². The third-order valence-electron chi connectivity index (χ3n) is 5.91. The van der Waals surface area contributed by atoms with Gasteiger partial charge in [0.1, 0.15) is 34.5 Å². The van der Waals surface area contributed by atoms with E-state index in [-0.39, 0.29) is 58.3 Å². The van der Waals surface area contributed by atoms with Crippen molar-refractivity contribution in [2.45, 2.75) is 24.3 Å². The normalized spacial score (nSPS) is 18.2. The highest BCUT2D eigenvalue weighted by atomic mass is 32.2. The van der Waals surface area contributed by atoms with E-state index in [1.165, 1.54) is 42.7 Å². The van der Waals surface area contributed by atoms with Gasteiger partial charge in [-0.25, -0.2) is 18.1 Å².